The normalized spacial score (nSPS) is 30.0. The first-order chi connectivity index (χ1) is 13.3. The fourth-order valence-corrected chi connectivity index (χ4v) is 5.48. The number of hydrogen-bond acceptors (Lipinski definition) is 4. The minimum Gasteiger partial charge on any atom is -0.372 e. The Balaban J connectivity index is 1.33. The Morgan fingerprint density at radius 2 is 1.82 bits per heavy atom. The molecular formula is C22H36N4O2. The lowest BCUT2D eigenvalue weighted by molar-refractivity contribution is -0.145. The molecule has 1 aliphatic carbocycles. The summed E-state index contributed by atoms with van der Waals surface area (Å²) in [6.45, 7) is 16.2. The van der Waals surface area contributed by atoms with Gasteiger partial charge in [-0.15, -0.1) is 0 Å². The maximum Gasteiger partial charge on any atom is 0.226 e. The molecule has 4 rings (SSSR count). The molecule has 1 saturated carbocycles. The molecule has 3 atom stereocenters. The molecule has 156 valence electrons. The van der Waals surface area contributed by atoms with Crippen molar-refractivity contribution < 1.29 is 9.53 Å². The Labute approximate surface area is 169 Å². The SMILES string of the molecule is CCn1nc(C)c(CN2CCC3(CC2)CC3C(=O)N2C[C@@H](C)O[C@@H](C)C2)c1C. The highest BCUT2D eigenvalue weighted by Gasteiger charge is 2.59. The summed E-state index contributed by atoms with van der Waals surface area (Å²) >= 11 is 0. The van der Waals surface area contributed by atoms with Crippen LogP contribution >= 0.6 is 0 Å². The topological polar surface area (TPSA) is 50.6 Å². The van der Waals surface area contributed by atoms with Gasteiger partial charge in [-0.25, -0.2) is 0 Å². The quantitative estimate of drug-likeness (QED) is 0.796. The summed E-state index contributed by atoms with van der Waals surface area (Å²) in [6.07, 6.45) is 3.70. The molecule has 2 aliphatic heterocycles. The lowest BCUT2D eigenvalue weighted by Crippen LogP contribution is -2.49. The number of likely N-dealkylation sites (tertiary alicyclic amines) is 1. The van der Waals surface area contributed by atoms with Crippen molar-refractivity contribution in [2.24, 2.45) is 11.3 Å². The summed E-state index contributed by atoms with van der Waals surface area (Å²) < 4.78 is 7.90. The number of amides is 1. The molecule has 28 heavy (non-hydrogen) atoms. The van der Waals surface area contributed by atoms with Crippen LogP contribution in [0.2, 0.25) is 0 Å². The van der Waals surface area contributed by atoms with Gasteiger partial charge in [-0.2, -0.15) is 5.10 Å². The summed E-state index contributed by atoms with van der Waals surface area (Å²) in [5.74, 6) is 0.629. The van der Waals surface area contributed by atoms with Crippen LogP contribution in [0.1, 0.15) is 57.0 Å². The predicted octanol–water partition coefficient (Wildman–Crippen LogP) is 2.76. The smallest absolute Gasteiger partial charge is 0.226 e. The number of nitrogens with zero attached hydrogens (tertiary/aromatic N) is 4. The highest BCUT2D eigenvalue weighted by molar-refractivity contribution is 5.83. The van der Waals surface area contributed by atoms with Gasteiger partial charge in [-0.3, -0.25) is 14.4 Å². The zero-order valence-corrected chi connectivity index (χ0v) is 18.2. The molecule has 2 saturated heterocycles. The minimum atomic E-state index is 0.153. The van der Waals surface area contributed by atoms with E-state index >= 15 is 0 Å². The van der Waals surface area contributed by atoms with Crippen LogP contribution in [-0.2, 0) is 22.6 Å². The van der Waals surface area contributed by atoms with Gasteiger partial charge in [-0.1, -0.05) is 0 Å². The number of morpholine rings is 1. The molecule has 1 aromatic rings. The van der Waals surface area contributed by atoms with E-state index in [9.17, 15) is 4.79 Å². The summed E-state index contributed by atoms with van der Waals surface area (Å²) in [6, 6.07) is 0. The highest BCUT2D eigenvalue weighted by atomic mass is 16.5. The second-order valence-electron chi connectivity index (χ2n) is 9.36. The lowest BCUT2D eigenvalue weighted by Gasteiger charge is -2.37. The van der Waals surface area contributed by atoms with E-state index in [0.717, 1.165) is 64.2 Å². The predicted molar refractivity (Wildman–Crippen MR) is 109 cm³/mol. The average Bonchev–Trinajstić information content (AvgIpc) is 3.29. The van der Waals surface area contributed by atoms with Crippen molar-refractivity contribution in [1.29, 1.82) is 0 Å². The van der Waals surface area contributed by atoms with Gasteiger partial charge in [0.2, 0.25) is 5.91 Å². The van der Waals surface area contributed by atoms with E-state index in [1.54, 1.807) is 0 Å². The number of ether oxygens (including phenoxy) is 1. The van der Waals surface area contributed by atoms with Gasteiger partial charge in [0.25, 0.3) is 0 Å². The summed E-state index contributed by atoms with van der Waals surface area (Å²) in [7, 11) is 0. The van der Waals surface area contributed by atoms with E-state index in [4.69, 9.17) is 4.74 Å². The molecule has 3 heterocycles. The third-order valence-corrected chi connectivity index (χ3v) is 7.28. The second kappa shape index (κ2) is 7.45. The fourth-order valence-electron chi connectivity index (χ4n) is 5.48. The van der Waals surface area contributed by atoms with Crippen molar-refractivity contribution in [3.8, 4) is 0 Å². The van der Waals surface area contributed by atoms with Crippen LogP contribution in [0.4, 0.5) is 0 Å². The van der Waals surface area contributed by atoms with Crippen LogP contribution in [0.3, 0.4) is 0 Å². The van der Waals surface area contributed by atoms with Crippen molar-refractivity contribution in [1.82, 2.24) is 19.6 Å². The molecule has 0 radical (unpaired) electrons. The van der Waals surface area contributed by atoms with Crippen molar-refractivity contribution in [2.75, 3.05) is 26.2 Å². The highest BCUT2D eigenvalue weighted by Crippen LogP contribution is 2.60. The first-order valence-corrected chi connectivity index (χ1v) is 11.0. The number of aryl methyl sites for hydroxylation is 2. The van der Waals surface area contributed by atoms with Gasteiger partial charge in [0.15, 0.2) is 0 Å². The van der Waals surface area contributed by atoms with E-state index < -0.39 is 0 Å². The van der Waals surface area contributed by atoms with Gasteiger partial charge < -0.3 is 9.64 Å². The van der Waals surface area contributed by atoms with Crippen LogP contribution in [0.5, 0.6) is 0 Å². The lowest BCUT2D eigenvalue weighted by atomic mass is 9.90. The van der Waals surface area contributed by atoms with Gasteiger partial charge in [0, 0.05) is 43.4 Å². The zero-order valence-electron chi connectivity index (χ0n) is 18.2. The number of rotatable bonds is 4. The Kier molecular flexibility index (Phi) is 5.29. The molecular weight excluding hydrogens is 352 g/mol. The van der Waals surface area contributed by atoms with E-state index in [2.05, 4.69) is 54.2 Å². The largest absolute Gasteiger partial charge is 0.372 e. The molecule has 1 unspecified atom stereocenters. The summed E-state index contributed by atoms with van der Waals surface area (Å²) in [5.41, 5.74) is 4.12. The van der Waals surface area contributed by atoms with Crippen LogP contribution < -0.4 is 0 Å². The maximum absolute atomic E-state index is 13.1. The van der Waals surface area contributed by atoms with Crippen LogP contribution in [0.25, 0.3) is 0 Å². The molecule has 3 fully saturated rings. The van der Waals surface area contributed by atoms with E-state index in [1.165, 1.54) is 11.3 Å². The van der Waals surface area contributed by atoms with E-state index in [1.807, 2.05) is 0 Å². The molecule has 6 heteroatoms. The molecule has 6 nitrogen and oxygen atoms in total. The second-order valence-corrected chi connectivity index (χ2v) is 9.36. The molecule has 1 aromatic heterocycles. The third-order valence-electron chi connectivity index (χ3n) is 7.28. The zero-order chi connectivity index (χ0) is 20.1. The molecule has 0 bridgehead atoms. The fraction of sp³-hybridized carbons (Fsp3) is 0.818. The van der Waals surface area contributed by atoms with Crippen molar-refractivity contribution in [2.45, 2.75) is 79.2 Å². The van der Waals surface area contributed by atoms with Crippen LogP contribution in [-0.4, -0.2) is 63.9 Å². The average molecular weight is 389 g/mol. The molecule has 0 N–H and O–H groups in total. The number of carbonyl (C=O) groups excluding carboxylic acids is 1. The van der Waals surface area contributed by atoms with E-state index in [-0.39, 0.29) is 23.5 Å². The number of carbonyl (C=O) groups is 1. The van der Waals surface area contributed by atoms with Crippen LogP contribution in [0, 0.1) is 25.2 Å². The summed E-state index contributed by atoms with van der Waals surface area (Å²) in [5, 5.41) is 4.66. The Morgan fingerprint density at radius 3 is 2.39 bits per heavy atom. The first-order valence-electron chi connectivity index (χ1n) is 11.0. The third kappa shape index (κ3) is 3.61. The Bertz CT molecular complexity index is 725. The van der Waals surface area contributed by atoms with Gasteiger partial charge >= 0.3 is 0 Å². The van der Waals surface area contributed by atoms with Crippen molar-refractivity contribution >= 4 is 5.91 Å². The monoisotopic (exact) mass is 388 g/mol. The number of piperidine rings is 1. The molecule has 0 aromatic carbocycles. The Hall–Kier alpha value is -1.40. The molecule has 1 amide bonds. The Morgan fingerprint density at radius 1 is 1.18 bits per heavy atom. The van der Waals surface area contributed by atoms with Crippen molar-refractivity contribution in [3.63, 3.8) is 0 Å². The first kappa shape index (κ1) is 19.9. The summed E-state index contributed by atoms with van der Waals surface area (Å²) in [4.78, 5) is 17.7. The van der Waals surface area contributed by atoms with E-state index in [0.29, 0.717) is 5.91 Å². The molecule has 1 spiro atoms. The van der Waals surface area contributed by atoms with Gasteiger partial charge in [-0.05, 0) is 72.4 Å². The minimum absolute atomic E-state index is 0.153. The molecule has 3 aliphatic rings. The maximum atomic E-state index is 13.1. The standard InChI is InChI=1S/C22H36N4O2/c1-6-26-18(5)19(17(4)23-26)14-24-9-7-22(8-10-24)11-20(22)21(27)25-12-15(2)28-16(3)13-25/h15-16,20H,6-14H2,1-5H3/t15-,16+,20?. The van der Waals surface area contributed by atoms with Crippen LogP contribution in [0.15, 0.2) is 0 Å². The number of aromatic nitrogens is 2. The van der Waals surface area contributed by atoms with Gasteiger partial charge in [0.05, 0.1) is 17.9 Å². The number of hydrogen-bond donors (Lipinski definition) is 0. The van der Waals surface area contributed by atoms with Gasteiger partial charge in [0.1, 0.15) is 0 Å². The van der Waals surface area contributed by atoms with Crippen molar-refractivity contribution in [3.05, 3.63) is 17.0 Å².